The minimum Gasteiger partial charge on any atom is -0.756 e. The lowest BCUT2D eigenvalue weighted by atomic mass is 10.0. The molecule has 0 aliphatic carbocycles. The van der Waals surface area contributed by atoms with Gasteiger partial charge in [-0.25, -0.2) is 0 Å². The fraction of sp³-hybridized carbons (Fsp3) is 1.00. The van der Waals surface area contributed by atoms with Crippen LogP contribution >= 0.6 is 7.82 Å². The second-order valence-electron chi connectivity index (χ2n) is 9.98. The zero-order valence-corrected chi connectivity index (χ0v) is 21.9. The van der Waals surface area contributed by atoms with Crippen LogP contribution in [-0.4, -0.2) is 56.6 Å². The Kier molecular flexibility index (Phi) is 19.5. The lowest BCUT2D eigenvalue weighted by molar-refractivity contribution is -0.870. The molecule has 0 fully saturated rings. The summed E-state index contributed by atoms with van der Waals surface area (Å²) >= 11 is 0. The van der Waals surface area contributed by atoms with Gasteiger partial charge in [-0.15, -0.1) is 0 Å². The Hall–Kier alpha value is 0.0300. The quantitative estimate of drug-likeness (QED) is 0.117. The molecule has 0 amide bonds. The van der Waals surface area contributed by atoms with E-state index in [-0.39, 0.29) is 13.2 Å². The molecule has 2 unspecified atom stereocenters. The van der Waals surface area contributed by atoms with E-state index in [2.05, 4.69) is 6.92 Å². The summed E-state index contributed by atoms with van der Waals surface area (Å²) in [5, 5.41) is 9.93. The first kappa shape index (κ1) is 31.0. The first-order valence-corrected chi connectivity index (χ1v) is 14.2. The zero-order chi connectivity index (χ0) is 23.4. The van der Waals surface area contributed by atoms with E-state index in [4.69, 9.17) is 9.05 Å². The molecule has 0 bridgehead atoms. The summed E-state index contributed by atoms with van der Waals surface area (Å²) < 4.78 is 22.0. The van der Waals surface area contributed by atoms with Gasteiger partial charge in [0.2, 0.25) is 0 Å². The minimum atomic E-state index is -4.33. The van der Waals surface area contributed by atoms with Gasteiger partial charge < -0.3 is 23.5 Å². The van der Waals surface area contributed by atoms with E-state index in [0.29, 0.717) is 17.4 Å². The van der Waals surface area contributed by atoms with Crippen molar-refractivity contribution < 1.29 is 28.1 Å². The molecular formula is C24H52NO5P. The number of aliphatic hydroxyl groups is 1. The molecule has 0 aromatic rings. The molecule has 0 saturated heterocycles. The van der Waals surface area contributed by atoms with Crippen molar-refractivity contribution in [2.75, 3.05) is 40.9 Å². The monoisotopic (exact) mass is 465 g/mol. The standard InChI is InChI=1S/C24H52NO5P/c1-5-6-7-8-9-10-11-12-13-14-15-16-17-18-19-20-24(26)23-30-31(27,28)29-22-21-25(2,3)4/h24,26H,5-23H2,1-4H3. The average molecular weight is 466 g/mol. The topological polar surface area (TPSA) is 78.8 Å². The first-order chi connectivity index (χ1) is 14.7. The first-order valence-electron chi connectivity index (χ1n) is 12.7. The molecule has 0 saturated carbocycles. The fourth-order valence-corrected chi connectivity index (χ4v) is 4.21. The Morgan fingerprint density at radius 2 is 1.19 bits per heavy atom. The number of hydrogen-bond acceptors (Lipinski definition) is 5. The van der Waals surface area contributed by atoms with Crippen molar-refractivity contribution in [3.05, 3.63) is 0 Å². The molecule has 1 N–H and O–H groups in total. The van der Waals surface area contributed by atoms with Crippen LogP contribution in [0.2, 0.25) is 0 Å². The molecule has 6 nitrogen and oxygen atoms in total. The molecule has 0 aromatic carbocycles. The fourth-order valence-electron chi connectivity index (χ4n) is 3.48. The van der Waals surface area contributed by atoms with Crippen molar-refractivity contribution in [2.24, 2.45) is 0 Å². The van der Waals surface area contributed by atoms with Crippen LogP contribution in [0.1, 0.15) is 110 Å². The van der Waals surface area contributed by atoms with E-state index in [0.717, 1.165) is 12.8 Å². The molecule has 0 aromatic heterocycles. The Balaban J connectivity index is 3.42. The second-order valence-corrected chi connectivity index (χ2v) is 11.4. The van der Waals surface area contributed by atoms with Crippen LogP contribution in [0.5, 0.6) is 0 Å². The third-order valence-corrected chi connectivity index (χ3v) is 6.54. The number of aliphatic hydroxyl groups excluding tert-OH is 1. The van der Waals surface area contributed by atoms with Crippen LogP contribution in [-0.2, 0) is 13.6 Å². The molecular weight excluding hydrogens is 413 g/mol. The Morgan fingerprint density at radius 3 is 1.61 bits per heavy atom. The number of rotatable bonds is 23. The van der Waals surface area contributed by atoms with Gasteiger partial charge in [0.25, 0.3) is 7.82 Å². The predicted octanol–water partition coefficient (Wildman–Crippen LogP) is 5.82. The smallest absolute Gasteiger partial charge is 0.268 e. The Labute approximate surface area is 192 Å². The van der Waals surface area contributed by atoms with Crippen molar-refractivity contribution in [2.45, 2.75) is 116 Å². The van der Waals surface area contributed by atoms with Crippen LogP contribution in [0.3, 0.4) is 0 Å². The summed E-state index contributed by atoms with van der Waals surface area (Å²) in [6.45, 7) is 2.70. The molecule has 0 aliphatic heterocycles. The summed E-state index contributed by atoms with van der Waals surface area (Å²) in [6.07, 6.45) is 19.3. The van der Waals surface area contributed by atoms with Gasteiger partial charge in [-0.2, -0.15) is 0 Å². The number of likely N-dealkylation sites (N-methyl/N-ethyl adjacent to an activating group) is 1. The molecule has 0 spiro atoms. The van der Waals surface area contributed by atoms with Gasteiger partial charge in [-0.05, 0) is 6.42 Å². The van der Waals surface area contributed by atoms with Crippen molar-refractivity contribution in [1.82, 2.24) is 0 Å². The minimum absolute atomic E-state index is 0.0828. The van der Waals surface area contributed by atoms with E-state index in [1.807, 2.05) is 21.1 Å². The normalized spacial score (nSPS) is 15.2. The molecule has 2 atom stereocenters. The number of hydrogen-bond donors (Lipinski definition) is 1. The highest BCUT2D eigenvalue weighted by Gasteiger charge is 2.15. The van der Waals surface area contributed by atoms with E-state index in [1.165, 1.54) is 83.5 Å². The van der Waals surface area contributed by atoms with Gasteiger partial charge in [-0.1, -0.05) is 103 Å². The van der Waals surface area contributed by atoms with E-state index in [9.17, 15) is 14.6 Å². The third kappa shape index (κ3) is 24.5. The number of phosphoric acid groups is 1. The molecule has 0 rings (SSSR count). The van der Waals surface area contributed by atoms with Crippen LogP contribution in [0.4, 0.5) is 0 Å². The maximum atomic E-state index is 11.7. The Morgan fingerprint density at radius 1 is 0.774 bits per heavy atom. The number of nitrogens with zero attached hydrogens (tertiary/aromatic N) is 1. The zero-order valence-electron chi connectivity index (χ0n) is 21.0. The summed E-state index contributed by atoms with van der Waals surface area (Å²) in [5.41, 5.74) is 0. The van der Waals surface area contributed by atoms with Gasteiger partial charge in [0, 0.05) is 0 Å². The predicted molar refractivity (Wildman–Crippen MR) is 128 cm³/mol. The highest BCUT2D eigenvalue weighted by Crippen LogP contribution is 2.38. The molecule has 7 heteroatoms. The van der Waals surface area contributed by atoms with Crippen LogP contribution < -0.4 is 4.89 Å². The molecule has 0 heterocycles. The van der Waals surface area contributed by atoms with E-state index < -0.39 is 13.9 Å². The highest BCUT2D eigenvalue weighted by atomic mass is 31.2. The third-order valence-electron chi connectivity index (χ3n) is 5.58. The largest absolute Gasteiger partial charge is 0.756 e. The molecule has 0 aliphatic rings. The van der Waals surface area contributed by atoms with Crippen LogP contribution in [0, 0.1) is 0 Å². The van der Waals surface area contributed by atoms with Crippen molar-refractivity contribution in [1.29, 1.82) is 0 Å². The lowest BCUT2D eigenvalue weighted by Gasteiger charge is -2.27. The summed E-state index contributed by atoms with van der Waals surface area (Å²) in [5.74, 6) is 0. The summed E-state index contributed by atoms with van der Waals surface area (Å²) in [4.78, 5) is 11.7. The maximum absolute atomic E-state index is 11.7. The number of quaternary nitrogens is 1. The van der Waals surface area contributed by atoms with Crippen LogP contribution in [0.25, 0.3) is 0 Å². The Bertz CT molecular complexity index is 442. The van der Waals surface area contributed by atoms with Gasteiger partial charge >= 0.3 is 0 Å². The van der Waals surface area contributed by atoms with Gasteiger partial charge in [0.05, 0.1) is 33.9 Å². The van der Waals surface area contributed by atoms with Crippen molar-refractivity contribution >= 4 is 7.82 Å². The van der Waals surface area contributed by atoms with Gasteiger partial charge in [0.1, 0.15) is 13.2 Å². The number of unbranched alkanes of at least 4 members (excludes halogenated alkanes) is 14. The maximum Gasteiger partial charge on any atom is 0.268 e. The van der Waals surface area contributed by atoms with Gasteiger partial charge in [-0.3, -0.25) is 4.57 Å². The van der Waals surface area contributed by atoms with Crippen LogP contribution in [0.15, 0.2) is 0 Å². The van der Waals surface area contributed by atoms with Gasteiger partial charge in [0.15, 0.2) is 0 Å². The number of phosphoric ester groups is 1. The van der Waals surface area contributed by atoms with E-state index >= 15 is 0 Å². The lowest BCUT2D eigenvalue weighted by Crippen LogP contribution is -2.37. The molecule has 31 heavy (non-hydrogen) atoms. The summed E-state index contributed by atoms with van der Waals surface area (Å²) in [6, 6.07) is 0. The second kappa shape index (κ2) is 19.5. The average Bonchev–Trinajstić information content (AvgIpc) is 2.68. The molecule has 188 valence electrons. The SMILES string of the molecule is CCCCCCCCCCCCCCCCCC(O)COP(=O)([O-])OCC[N+](C)(C)C. The summed E-state index contributed by atoms with van der Waals surface area (Å²) in [7, 11) is 1.55. The molecule has 0 radical (unpaired) electrons. The van der Waals surface area contributed by atoms with Crippen molar-refractivity contribution in [3.63, 3.8) is 0 Å². The van der Waals surface area contributed by atoms with E-state index in [1.54, 1.807) is 0 Å². The van der Waals surface area contributed by atoms with Crippen molar-refractivity contribution in [3.8, 4) is 0 Å². The highest BCUT2D eigenvalue weighted by molar-refractivity contribution is 7.45.